The number of carbonyl (C=O) groups excluding carboxylic acids is 2. The van der Waals surface area contributed by atoms with E-state index in [4.69, 9.17) is 18.9 Å². The minimum absolute atomic E-state index is 0.162. The highest BCUT2D eigenvalue weighted by molar-refractivity contribution is 5.92. The summed E-state index contributed by atoms with van der Waals surface area (Å²) < 4.78 is 22.2. The highest BCUT2D eigenvalue weighted by atomic mass is 16.6. The quantitative estimate of drug-likeness (QED) is 0.167. The highest BCUT2D eigenvalue weighted by Crippen LogP contribution is 2.29. The maximum atomic E-state index is 12.6. The smallest absolute Gasteiger partial charge is 0.343 e. The summed E-state index contributed by atoms with van der Waals surface area (Å²) >= 11 is 0. The van der Waals surface area contributed by atoms with Gasteiger partial charge in [0.2, 0.25) is 0 Å². The third-order valence-corrected chi connectivity index (χ3v) is 4.83. The molecule has 0 aliphatic rings. The first kappa shape index (κ1) is 26.3. The molecule has 1 amide bonds. The summed E-state index contributed by atoms with van der Waals surface area (Å²) in [4.78, 5) is 24.6. The fourth-order valence-electron chi connectivity index (χ4n) is 3.02. The lowest BCUT2D eigenvalue weighted by atomic mass is 10.2. The molecule has 3 aromatic rings. The van der Waals surface area contributed by atoms with E-state index in [1.54, 1.807) is 54.6 Å². The Morgan fingerprint density at radius 1 is 0.861 bits per heavy atom. The summed E-state index contributed by atoms with van der Waals surface area (Å²) in [5.41, 5.74) is 4.57. The molecule has 0 unspecified atom stereocenters. The average molecular weight is 491 g/mol. The van der Waals surface area contributed by atoms with Crippen molar-refractivity contribution >= 4 is 18.1 Å². The molecule has 0 aliphatic heterocycles. The molecule has 0 atom stereocenters. The first-order valence-corrected chi connectivity index (χ1v) is 11.7. The molecule has 0 aliphatic carbocycles. The van der Waals surface area contributed by atoms with E-state index in [0.29, 0.717) is 41.6 Å². The van der Waals surface area contributed by atoms with Crippen LogP contribution in [0.5, 0.6) is 23.0 Å². The monoisotopic (exact) mass is 490 g/mol. The van der Waals surface area contributed by atoms with Crippen LogP contribution in [0.3, 0.4) is 0 Å². The highest BCUT2D eigenvalue weighted by Gasteiger charge is 2.13. The van der Waals surface area contributed by atoms with Crippen LogP contribution >= 0.6 is 0 Å². The summed E-state index contributed by atoms with van der Waals surface area (Å²) in [6.45, 7) is 6.66. The van der Waals surface area contributed by atoms with E-state index in [0.717, 1.165) is 12.0 Å². The Hall–Kier alpha value is -4.33. The predicted molar refractivity (Wildman–Crippen MR) is 137 cm³/mol. The van der Waals surface area contributed by atoms with Crippen molar-refractivity contribution in [1.82, 2.24) is 5.43 Å². The van der Waals surface area contributed by atoms with Gasteiger partial charge < -0.3 is 18.9 Å². The molecule has 3 rings (SSSR count). The molecule has 1 N–H and O–H groups in total. The molecule has 188 valence electrons. The van der Waals surface area contributed by atoms with Gasteiger partial charge in [-0.25, -0.2) is 10.2 Å². The third kappa shape index (κ3) is 8.16. The van der Waals surface area contributed by atoms with Crippen molar-refractivity contribution in [2.45, 2.75) is 27.2 Å². The molecule has 36 heavy (non-hydrogen) atoms. The summed E-state index contributed by atoms with van der Waals surface area (Å²) in [5, 5.41) is 3.96. The maximum Gasteiger partial charge on any atom is 0.343 e. The van der Waals surface area contributed by atoms with E-state index in [9.17, 15) is 9.59 Å². The van der Waals surface area contributed by atoms with Gasteiger partial charge in [-0.15, -0.1) is 0 Å². The van der Waals surface area contributed by atoms with Crippen molar-refractivity contribution in [1.29, 1.82) is 0 Å². The number of ether oxygens (including phenoxy) is 4. The van der Waals surface area contributed by atoms with Crippen LogP contribution in [-0.2, 0) is 4.79 Å². The van der Waals surface area contributed by atoms with Gasteiger partial charge in [0.05, 0.1) is 25.0 Å². The summed E-state index contributed by atoms with van der Waals surface area (Å²) in [6, 6.07) is 19.2. The number of hydrogen-bond donors (Lipinski definition) is 1. The minimum Gasteiger partial charge on any atom is -0.494 e. The molecule has 3 aromatic carbocycles. The number of hydrazone groups is 1. The Labute approximate surface area is 210 Å². The molecule has 8 heteroatoms. The van der Waals surface area contributed by atoms with E-state index in [1.165, 1.54) is 6.21 Å². The lowest BCUT2D eigenvalue weighted by molar-refractivity contribution is -0.123. The van der Waals surface area contributed by atoms with Crippen LogP contribution < -0.4 is 24.4 Å². The van der Waals surface area contributed by atoms with Crippen molar-refractivity contribution in [2.75, 3.05) is 19.8 Å². The molecule has 8 nitrogen and oxygen atoms in total. The van der Waals surface area contributed by atoms with Gasteiger partial charge in [0.25, 0.3) is 5.91 Å². The number of esters is 1. The lowest BCUT2D eigenvalue weighted by Crippen LogP contribution is -2.24. The average Bonchev–Trinajstić information content (AvgIpc) is 2.89. The summed E-state index contributed by atoms with van der Waals surface area (Å²) in [5.74, 6) is 1.05. The van der Waals surface area contributed by atoms with Gasteiger partial charge in [0, 0.05) is 0 Å². The fraction of sp³-hybridized carbons (Fsp3) is 0.250. The number of hydrogen-bond acceptors (Lipinski definition) is 7. The molecule has 0 spiro atoms. The predicted octanol–water partition coefficient (Wildman–Crippen LogP) is 4.93. The standard InChI is InChI=1S/C28H30N2O6/c1-4-16-34-23-13-9-22(10-14-23)28(32)36-25-15-8-21(17-26(25)33-5-2)18-29-30-27(31)19-35-24-11-6-20(3)7-12-24/h6-15,17-18H,4-5,16,19H2,1-3H3,(H,30,31)/b29-18+. The Morgan fingerprint density at radius 2 is 1.56 bits per heavy atom. The molecule has 0 aromatic heterocycles. The van der Waals surface area contributed by atoms with Gasteiger partial charge in [0.15, 0.2) is 18.1 Å². The lowest BCUT2D eigenvalue weighted by Gasteiger charge is -2.12. The molecular formula is C28H30N2O6. The van der Waals surface area contributed by atoms with Crippen LogP contribution in [0.4, 0.5) is 0 Å². The second-order valence-corrected chi connectivity index (χ2v) is 7.80. The third-order valence-electron chi connectivity index (χ3n) is 4.83. The normalized spacial score (nSPS) is 10.6. The molecular weight excluding hydrogens is 460 g/mol. The van der Waals surface area contributed by atoms with Crippen molar-refractivity contribution in [2.24, 2.45) is 5.10 Å². The van der Waals surface area contributed by atoms with Crippen LogP contribution in [0.15, 0.2) is 71.8 Å². The van der Waals surface area contributed by atoms with E-state index < -0.39 is 11.9 Å². The molecule has 0 radical (unpaired) electrons. The summed E-state index contributed by atoms with van der Waals surface area (Å²) in [6.07, 6.45) is 2.37. The number of aryl methyl sites for hydroxylation is 1. The van der Waals surface area contributed by atoms with Gasteiger partial charge in [-0.3, -0.25) is 4.79 Å². The number of rotatable bonds is 12. The summed E-state index contributed by atoms with van der Waals surface area (Å²) in [7, 11) is 0. The largest absolute Gasteiger partial charge is 0.494 e. The fourth-order valence-corrected chi connectivity index (χ4v) is 3.02. The Kier molecular flexibility index (Phi) is 9.88. The molecule has 0 heterocycles. The molecule has 0 fully saturated rings. The Morgan fingerprint density at radius 3 is 2.25 bits per heavy atom. The van der Waals surface area contributed by atoms with Crippen LogP contribution in [0.1, 0.15) is 41.8 Å². The van der Waals surface area contributed by atoms with Gasteiger partial charge >= 0.3 is 5.97 Å². The molecule has 0 bridgehead atoms. The zero-order valence-electron chi connectivity index (χ0n) is 20.7. The van der Waals surface area contributed by atoms with E-state index in [-0.39, 0.29) is 12.4 Å². The van der Waals surface area contributed by atoms with Gasteiger partial charge in [-0.05, 0) is 80.4 Å². The van der Waals surface area contributed by atoms with Crippen LogP contribution in [-0.4, -0.2) is 37.9 Å². The first-order chi connectivity index (χ1) is 17.5. The van der Waals surface area contributed by atoms with Crippen molar-refractivity contribution in [3.63, 3.8) is 0 Å². The van der Waals surface area contributed by atoms with Crippen molar-refractivity contribution in [3.8, 4) is 23.0 Å². The van der Waals surface area contributed by atoms with Crippen molar-refractivity contribution in [3.05, 3.63) is 83.4 Å². The van der Waals surface area contributed by atoms with Crippen LogP contribution in [0.2, 0.25) is 0 Å². The van der Waals surface area contributed by atoms with Gasteiger partial charge in [0.1, 0.15) is 11.5 Å². The topological polar surface area (TPSA) is 95.5 Å². The number of amides is 1. The van der Waals surface area contributed by atoms with E-state index >= 15 is 0 Å². The Balaban J connectivity index is 1.57. The number of carbonyl (C=O) groups is 2. The second kappa shape index (κ2) is 13.5. The zero-order valence-corrected chi connectivity index (χ0v) is 20.7. The first-order valence-electron chi connectivity index (χ1n) is 11.7. The number of nitrogens with one attached hydrogen (secondary N) is 1. The van der Waals surface area contributed by atoms with Crippen LogP contribution in [0.25, 0.3) is 0 Å². The molecule has 0 saturated heterocycles. The van der Waals surface area contributed by atoms with Gasteiger partial charge in [-0.1, -0.05) is 24.6 Å². The minimum atomic E-state index is -0.514. The Bertz CT molecular complexity index is 1170. The SMILES string of the molecule is CCCOc1ccc(C(=O)Oc2ccc(/C=N/NC(=O)COc3ccc(C)cc3)cc2OCC)cc1. The second-order valence-electron chi connectivity index (χ2n) is 7.80. The van der Waals surface area contributed by atoms with Gasteiger partial charge in [-0.2, -0.15) is 5.10 Å². The molecule has 0 saturated carbocycles. The number of benzene rings is 3. The van der Waals surface area contributed by atoms with E-state index in [1.807, 2.05) is 32.9 Å². The number of nitrogens with zero attached hydrogens (tertiary/aromatic N) is 1. The zero-order chi connectivity index (χ0) is 25.8. The van der Waals surface area contributed by atoms with Crippen molar-refractivity contribution < 1.29 is 28.5 Å². The maximum absolute atomic E-state index is 12.6. The van der Waals surface area contributed by atoms with Crippen LogP contribution in [0, 0.1) is 6.92 Å². The van der Waals surface area contributed by atoms with E-state index in [2.05, 4.69) is 10.5 Å².